The summed E-state index contributed by atoms with van der Waals surface area (Å²) in [5.74, 6) is -4.48. The topological polar surface area (TPSA) is 59.4 Å². The van der Waals surface area contributed by atoms with Gasteiger partial charge in [0.15, 0.2) is 5.69 Å². The first-order chi connectivity index (χ1) is 8.95. The number of aromatic carboxylic acids is 1. The molecule has 0 radical (unpaired) electrons. The molecular weight excluding hydrogens is 320 g/mol. The van der Waals surface area contributed by atoms with E-state index < -0.39 is 47.1 Å². The van der Waals surface area contributed by atoms with Crippen molar-refractivity contribution in [3.63, 3.8) is 0 Å². The number of carbonyl (C=O) groups is 1. The lowest BCUT2D eigenvalue weighted by molar-refractivity contribution is -0.276. The van der Waals surface area contributed by atoms with Crippen molar-refractivity contribution >= 4 is 17.6 Å². The van der Waals surface area contributed by atoms with E-state index >= 15 is 0 Å². The number of carboxylic acid groups (broad SMARTS) is 1. The van der Waals surface area contributed by atoms with E-state index in [0.717, 1.165) is 0 Å². The Bertz CT molecular complexity index is 528. The molecule has 0 atom stereocenters. The van der Waals surface area contributed by atoms with Crippen molar-refractivity contribution in [3.05, 3.63) is 22.9 Å². The van der Waals surface area contributed by atoms with Gasteiger partial charge in [-0.05, 0) is 6.07 Å². The Morgan fingerprint density at radius 3 is 2.20 bits per heavy atom. The van der Waals surface area contributed by atoms with Gasteiger partial charge in [-0.2, -0.15) is 13.2 Å². The van der Waals surface area contributed by atoms with Crippen LogP contribution in [0.25, 0.3) is 0 Å². The highest BCUT2D eigenvalue weighted by Gasteiger charge is 2.39. The van der Waals surface area contributed by atoms with Crippen molar-refractivity contribution in [2.75, 3.05) is 0 Å². The number of alkyl halides is 7. The van der Waals surface area contributed by atoms with E-state index in [9.17, 15) is 31.1 Å². The second kappa shape index (κ2) is 5.35. The molecule has 0 aliphatic carbocycles. The van der Waals surface area contributed by atoms with Gasteiger partial charge in [0.2, 0.25) is 5.88 Å². The van der Waals surface area contributed by atoms with Crippen LogP contribution in [0.5, 0.6) is 5.88 Å². The highest BCUT2D eigenvalue weighted by molar-refractivity contribution is 6.17. The molecule has 0 saturated heterocycles. The van der Waals surface area contributed by atoms with Crippen LogP contribution in [0.15, 0.2) is 6.07 Å². The molecule has 4 nitrogen and oxygen atoms in total. The molecule has 20 heavy (non-hydrogen) atoms. The highest BCUT2D eigenvalue weighted by atomic mass is 35.5. The SMILES string of the molecule is O=C(O)c1cc(C(F)(F)F)c(CCl)c(OC(F)(F)F)n1. The monoisotopic (exact) mass is 323 g/mol. The molecule has 1 aromatic heterocycles. The van der Waals surface area contributed by atoms with Crippen molar-refractivity contribution in [2.24, 2.45) is 0 Å². The van der Waals surface area contributed by atoms with Crippen LogP contribution >= 0.6 is 11.6 Å². The average Bonchev–Trinajstić information content (AvgIpc) is 2.24. The average molecular weight is 324 g/mol. The van der Waals surface area contributed by atoms with Crippen molar-refractivity contribution in [1.29, 1.82) is 0 Å². The molecule has 11 heteroatoms. The van der Waals surface area contributed by atoms with Gasteiger partial charge in [0, 0.05) is 5.56 Å². The van der Waals surface area contributed by atoms with Crippen LogP contribution in [0, 0.1) is 0 Å². The van der Waals surface area contributed by atoms with Gasteiger partial charge >= 0.3 is 18.5 Å². The molecule has 1 heterocycles. The van der Waals surface area contributed by atoms with Crippen LogP contribution in [0.3, 0.4) is 0 Å². The van der Waals surface area contributed by atoms with Gasteiger partial charge in [-0.25, -0.2) is 9.78 Å². The maximum absolute atomic E-state index is 12.7. The van der Waals surface area contributed by atoms with E-state index in [-0.39, 0.29) is 6.07 Å². The van der Waals surface area contributed by atoms with E-state index in [1.807, 2.05) is 0 Å². The largest absolute Gasteiger partial charge is 0.574 e. The summed E-state index contributed by atoms with van der Waals surface area (Å²) < 4.78 is 77.6. The Hall–Kier alpha value is -1.71. The molecule has 0 amide bonds. The van der Waals surface area contributed by atoms with E-state index in [0.29, 0.717) is 0 Å². The second-order valence-electron chi connectivity index (χ2n) is 3.32. The Morgan fingerprint density at radius 1 is 1.30 bits per heavy atom. The van der Waals surface area contributed by atoms with E-state index in [1.54, 1.807) is 0 Å². The van der Waals surface area contributed by atoms with Crippen LogP contribution in [-0.2, 0) is 12.1 Å². The number of carboxylic acids is 1. The molecular formula is C9H4ClF6NO3. The number of nitrogens with zero attached hydrogens (tertiary/aromatic N) is 1. The Kier molecular flexibility index (Phi) is 4.37. The smallest absolute Gasteiger partial charge is 0.477 e. The fourth-order valence-corrected chi connectivity index (χ4v) is 1.49. The number of hydrogen-bond acceptors (Lipinski definition) is 3. The van der Waals surface area contributed by atoms with Gasteiger partial charge in [-0.3, -0.25) is 0 Å². The summed E-state index contributed by atoms with van der Waals surface area (Å²) in [6, 6.07) is 0.0866. The standard InChI is InChI=1S/C9H4ClF6NO3/c10-2-3-4(8(11,12)13)1-5(7(18)19)17-6(3)20-9(14,15)16/h1H,2H2,(H,18,19). The molecule has 0 fully saturated rings. The predicted molar refractivity (Wildman–Crippen MR) is 52.4 cm³/mol. The first kappa shape index (κ1) is 16.3. The predicted octanol–water partition coefficient (Wildman–Crippen LogP) is 3.44. The third-order valence-corrected chi connectivity index (χ3v) is 2.22. The van der Waals surface area contributed by atoms with Gasteiger partial charge < -0.3 is 9.84 Å². The summed E-state index contributed by atoms with van der Waals surface area (Å²) in [6.07, 6.45) is -10.4. The Labute approximate surface area is 111 Å². The Morgan fingerprint density at radius 2 is 1.85 bits per heavy atom. The van der Waals surface area contributed by atoms with Crippen molar-refractivity contribution in [2.45, 2.75) is 18.4 Å². The van der Waals surface area contributed by atoms with Crippen LogP contribution in [0.1, 0.15) is 21.6 Å². The molecule has 1 rings (SSSR count). The van der Waals surface area contributed by atoms with E-state index in [1.165, 1.54) is 0 Å². The molecule has 1 N–H and O–H groups in total. The fourth-order valence-electron chi connectivity index (χ4n) is 1.23. The molecule has 0 bridgehead atoms. The second-order valence-corrected chi connectivity index (χ2v) is 3.59. The minimum Gasteiger partial charge on any atom is -0.477 e. The maximum Gasteiger partial charge on any atom is 0.574 e. The number of pyridine rings is 1. The lowest BCUT2D eigenvalue weighted by Crippen LogP contribution is -2.22. The number of aromatic nitrogens is 1. The molecule has 112 valence electrons. The highest BCUT2D eigenvalue weighted by Crippen LogP contribution is 2.38. The summed E-state index contributed by atoms with van der Waals surface area (Å²) in [6.45, 7) is 0. The maximum atomic E-state index is 12.7. The minimum atomic E-state index is -5.34. The number of ether oxygens (including phenoxy) is 1. The fraction of sp³-hybridized carbons (Fsp3) is 0.333. The van der Waals surface area contributed by atoms with E-state index in [4.69, 9.17) is 16.7 Å². The zero-order chi connectivity index (χ0) is 15.7. The number of hydrogen-bond donors (Lipinski definition) is 1. The van der Waals surface area contributed by atoms with Crippen molar-refractivity contribution in [3.8, 4) is 5.88 Å². The molecule has 0 unspecified atom stereocenters. The number of halogens is 7. The van der Waals surface area contributed by atoms with E-state index in [2.05, 4.69) is 9.72 Å². The molecule has 0 aliphatic heterocycles. The zero-order valence-electron chi connectivity index (χ0n) is 9.14. The van der Waals surface area contributed by atoms with Gasteiger partial charge in [-0.15, -0.1) is 24.8 Å². The van der Waals surface area contributed by atoms with Crippen molar-refractivity contribution in [1.82, 2.24) is 4.98 Å². The van der Waals surface area contributed by atoms with Gasteiger partial charge in [0.1, 0.15) is 0 Å². The normalized spacial score (nSPS) is 12.3. The quantitative estimate of drug-likeness (QED) is 0.684. The van der Waals surface area contributed by atoms with Gasteiger partial charge in [-0.1, -0.05) is 0 Å². The van der Waals surface area contributed by atoms with Crippen LogP contribution in [0.4, 0.5) is 26.3 Å². The summed E-state index contributed by atoms with van der Waals surface area (Å²) in [4.78, 5) is 13.5. The van der Waals surface area contributed by atoms with Crippen LogP contribution < -0.4 is 4.74 Å². The minimum absolute atomic E-state index is 0.0866. The third kappa shape index (κ3) is 3.89. The summed E-state index contributed by atoms with van der Waals surface area (Å²) in [5.41, 5.74) is -3.99. The van der Waals surface area contributed by atoms with Crippen molar-refractivity contribution < 1.29 is 41.0 Å². The lowest BCUT2D eigenvalue weighted by atomic mass is 10.1. The molecule has 0 saturated carbocycles. The third-order valence-electron chi connectivity index (χ3n) is 1.96. The molecule has 0 aliphatic rings. The molecule has 1 aromatic rings. The first-order valence-corrected chi connectivity index (χ1v) is 5.15. The summed E-state index contributed by atoms with van der Waals surface area (Å²) in [5, 5.41) is 8.56. The van der Waals surface area contributed by atoms with Crippen LogP contribution in [-0.4, -0.2) is 22.4 Å². The molecule has 0 aromatic carbocycles. The van der Waals surface area contributed by atoms with Crippen LogP contribution in [0.2, 0.25) is 0 Å². The van der Waals surface area contributed by atoms with Gasteiger partial charge in [0.25, 0.3) is 0 Å². The summed E-state index contributed by atoms with van der Waals surface area (Å²) >= 11 is 5.17. The summed E-state index contributed by atoms with van der Waals surface area (Å²) in [7, 11) is 0. The zero-order valence-corrected chi connectivity index (χ0v) is 9.90. The van der Waals surface area contributed by atoms with Gasteiger partial charge in [0.05, 0.1) is 11.4 Å². The number of rotatable bonds is 3. The Balaban J connectivity index is 3.55. The first-order valence-electron chi connectivity index (χ1n) is 4.62. The molecule has 0 spiro atoms. The lowest BCUT2D eigenvalue weighted by Gasteiger charge is -2.16.